The summed E-state index contributed by atoms with van der Waals surface area (Å²) in [4.78, 5) is 17.3. The number of methoxy groups -OCH3 is 1. The third kappa shape index (κ3) is 3.56. The predicted octanol–water partition coefficient (Wildman–Crippen LogP) is 3.26. The fraction of sp³-hybridized carbons (Fsp3) is 0.353. The van der Waals surface area contributed by atoms with E-state index in [0.29, 0.717) is 29.0 Å². The summed E-state index contributed by atoms with van der Waals surface area (Å²) in [6.07, 6.45) is 1.67. The first-order valence-electron chi connectivity index (χ1n) is 7.83. The van der Waals surface area contributed by atoms with Crippen molar-refractivity contribution in [1.29, 1.82) is 0 Å². The van der Waals surface area contributed by atoms with Crippen molar-refractivity contribution in [3.05, 3.63) is 46.1 Å². The summed E-state index contributed by atoms with van der Waals surface area (Å²) in [5, 5.41) is 8.15. The lowest BCUT2D eigenvalue weighted by molar-refractivity contribution is -0.124. The topological polar surface area (TPSA) is 68.5 Å². The number of ether oxygens (including phenoxy) is 1. The minimum Gasteiger partial charge on any atom is -0.383 e. The number of aliphatic imine (C=N–C) groups is 1. The number of carbonyl (C=O) groups is 1. The summed E-state index contributed by atoms with van der Waals surface area (Å²) in [6, 6.07) is 6.82. The highest BCUT2D eigenvalue weighted by atomic mass is 35.5. The molecule has 0 spiro atoms. The number of rotatable bonds is 5. The van der Waals surface area contributed by atoms with Crippen LogP contribution in [0.1, 0.15) is 18.5 Å². The third-order valence-corrected chi connectivity index (χ3v) is 4.88. The molecule has 2 heterocycles. The van der Waals surface area contributed by atoms with Gasteiger partial charge in [0.05, 0.1) is 28.9 Å². The van der Waals surface area contributed by atoms with Crippen molar-refractivity contribution in [1.82, 2.24) is 15.1 Å². The quantitative estimate of drug-likeness (QED) is 0.809. The summed E-state index contributed by atoms with van der Waals surface area (Å²) < 4.78 is 6.74. The molecule has 2 aromatic rings. The highest BCUT2D eigenvalue weighted by Gasteiger charge is 2.38. The van der Waals surface area contributed by atoms with Crippen LogP contribution in [0.25, 0.3) is 0 Å². The number of aromatic nitrogens is 2. The van der Waals surface area contributed by atoms with Crippen LogP contribution < -0.4 is 5.32 Å². The van der Waals surface area contributed by atoms with Crippen molar-refractivity contribution in [3.8, 4) is 0 Å². The van der Waals surface area contributed by atoms with E-state index in [1.165, 1.54) is 0 Å². The highest BCUT2D eigenvalue weighted by Crippen LogP contribution is 2.37. The Labute approximate surface area is 155 Å². The lowest BCUT2D eigenvalue weighted by atomic mass is 9.87. The van der Waals surface area contributed by atoms with Crippen molar-refractivity contribution in [3.63, 3.8) is 0 Å². The maximum atomic E-state index is 12.8. The van der Waals surface area contributed by atoms with Gasteiger partial charge in [0.25, 0.3) is 0 Å². The van der Waals surface area contributed by atoms with E-state index < -0.39 is 5.92 Å². The van der Waals surface area contributed by atoms with E-state index in [1.807, 2.05) is 19.1 Å². The number of hydrogen-bond acceptors (Lipinski definition) is 4. The van der Waals surface area contributed by atoms with E-state index in [2.05, 4.69) is 15.4 Å². The summed E-state index contributed by atoms with van der Waals surface area (Å²) in [5.74, 6) is 0.0755. The van der Waals surface area contributed by atoms with Crippen LogP contribution in [0.4, 0.5) is 5.82 Å². The first-order chi connectivity index (χ1) is 12.0. The third-order valence-electron chi connectivity index (χ3n) is 4.14. The second-order valence-corrected chi connectivity index (χ2v) is 6.58. The van der Waals surface area contributed by atoms with Gasteiger partial charge in [-0.2, -0.15) is 5.10 Å². The molecule has 2 unspecified atom stereocenters. The number of carbonyl (C=O) groups excluding carboxylic acids is 1. The van der Waals surface area contributed by atoms with Gasteiger partial charge in [-0.15, -0.1) is 0 Å². The molecule has 1 aromatic heterocycles. The van der Waals surface area contributed by atoms with E-state index in [-0.39, 0.29) is 11.9 Å². The zero-order chi connectivity index (χ0) is 18.0. The van der Waals surface area contributed by atoms with Gasteiger partial charge < -0.3 is 10.1 Å². The minimum absolute atomic E-state index is 0.129. The van der Waals surface area contributed by atoms with Crippen molar-refractivity contribution >= 4 is 40.6 Å². The van der Waals surface area contributed by atoms with Gasteiger partial charge in [-0.1, -0.05) is 29.3 Å². The first kappa shape index (κ1) is 17.9. The molecule has 0 radical (unpaired) electrons. The van der Waals surface area contributed by atoms with Gasteiger partial charge in [0.15, 0.2) is 5.82 Å². The predicted molar refractivity (Wildman–Crippen MR) is 98.0 cm³/mol. The molecule has 2 atom stereocenters. The van der Waals surface area contributed by atoms with Crippen LogP contribution in [0.5, 0.6) is 0 Å². The number of amides is 1. The average molecular weight is 381 g/mol. The zero-order valence-electron chi connectivity index (χ0n) is 13.9. The van der Waals surface area contributed by atoms with Crippen LogP contribution >= 0.6 is 23.2 Å². The molecule has 0 bridgehead atoms. The van der Waals surface area contributed by atoms with Crippen molar-refractivity contribution in [2.24, 2.45) is 10.9 Å². The summed E-state index contributed by atoms with van der Waals surface area (Å²) >= 11 is 12.2. The average Bonchev–Trinajstić information content (AvgIpc) is 3.04. The van der Waals surface area contributed by atoms with Gasteiger partial charge in [-0.3, -0.25) is 4.79 Å². The Morgan fingerprint density at radius 3 is 2.84 bits per heavy atom. The van der Waals surface area contributed by atoms with Crippen LogP contribution in [-0.4, -0.2) is 41.7 Å². The molecule has 0 aliphatic carbocycles. The Morgan fingerprint density at radius 1 is 1.32 bits per heavy atom. The van der Waals surface area contributed by atoms with Crippen LogP contribution in [0.2, 0.25) is 10.0 Å². The summed E-state index contributed by atoms with van der Waals surface area (Å²) in [5.41, 5.74) is 1.57. The zero-order valence-corrected chi connectivity index (χ0v) is 15.4. The molecule has 1 aliphatic rings. The lowest BCUT2D eigenvalue weighted by Crippen LogP contribution is -2.43. The number of nitrogens with zero attached hydrogens (tertiary/aromatic N) is 3. The molecule has 1 amide bonds. The molecule has 25 heavy (non-hydrogen) atoms. The Morgan fingerprint density at radius 2 is 2.12 bits per heavy atom. The molecule has 0 saturated heterocycles. The van der Waals surface area contributed by atoms with Crippen molar-refractivity contribution in [2.75, 3.05) is 20.3 Å². The number of hydrogen-bond donors (Lipinski definition) is 1. The second-order valence-electron chi connectivity index (χ2n) is 5.77. The van der Waals surface area contributed by atoms with Gasteiger partial charge in [-0.05, 0) is 24.6 Å². The van der Waals surface area contributed by atoms with Gasteiger partial charge in [0.1, 0.15) is 5.92 Å². The Hall–Kier alpha value is -1.89. The number of nitrogens with one attached hydrogen (secondary N) is 1. The molecule has 132 valence electrons. The smallest absolute Gasteiger partial charge is 0.231 e. The SMILES string of the molecule is COCCNC(=O)C1C(C)=Nc2ccnn2C1c1ccc(Cl)c(Cl)c1. The largest absolute Gasteiger partial charge is 0.383 e. The molecule has 0 fully saturated rings. The van der Waals surface area contributed by atoms with Crippen molar-refractivity contribution < 1.29 is 9.53 Å². The Kier molecular flexibility index (Phi) is 5.42. The normalized spacial score (nSPS) is 19.3. The van der Waals surface area contributed by atoms with Crippen molar-refractivity contribution in [2.45, 2.75) is 13.0 Å². The van der Waals surface area contributed by atoms with Gasteiger partial charge in [0.2, 0.25) is 5.91 Å². The molecule has 1 aliphatic heterocycles. The lowest BCUT2D eigenvalue weighted by Gasteiger charge is -2.31. The Balaban J connectivity index is 2.01. The molecular weight excluding hydrogens is 363 g/mol. The van der Waals surface area contributed by atoms with Crippen LogP contribution in [0.3, 0.4) is 0 Å². The molecule has 1 aromatic carbocycles. The van der Waals surface area contributed by atoms with Gasteiger partial charge in [0, 0.05) is 25.4 Å². The maximum Gasteiger partial charge on any atom is 0.231 e. The fourth-order valence-corrected chi connectivity index (χ4v) is 3.29. The molecule has 1 N–H and O–H groups in total. The number of fused-ring (bicyclic) bond motifs is 1. The maximum absolute atomic E-state index is 12.8. The Bertz CT molecular complexity index is 819. The minimum atomic E-state index is -0.499. The monoisotopic (exact) mass is 380 g/mol. The van der Waals surface area contributed by atoms with E-state index in [4.69, 9.17) is 27.9 Å². The molecule has 8 heteroatoms. The van der Waals surface area contributed by atoms with Crippen LogP contribution in [0, 0.1) is 5.92 Å². The van der Waals surface area contributed by atoms with Crippen LogP contribution in [0.15, 0.2) is 35.5 Å². The molecular formula is C17H18Cl2N4O2. The molecule has 3 rings (SSSR count). The van der Waals surface area contributed by atoms with Crippen LogP contribution in [-0.2, 0) is 9.53 Å². The van der Waals surface area contributed by atoms with Gasteiger partial charge >= 0.3 is 0 Å². The second kappa shape index (κ2) is 7.56. The first-order valence-corrected chi connectivity index (χ1v) is 8.59. The van der Waals surface area contributed by atoms with E-state index in [1.54, 1.807) is 30.1 Å². The molecule has 6 nitrogen and oxygen atoms in total. The number of benzene rings is 1. The standard InChI is InChI=1S/C17H18Cl2N4O2/c1-10-15(17(24)20-7-8-25-2)16(23-14(22-10)5-6-21-23)11-3-4-12(18)13(19)9-11/h3-6,9,15-16H,7-8H2,1-2H3,(H,20,24). The van der Waals surface area contributed by atoms with E-state index >= 15 is 0 Å². The van der Waals surface area contributed by atoms with E-state index in [9.17, 15) is 4.79 Å². The summed E-state index contributed by atoms with van der Waals surface area (Å²) in [6.45, 7) is 2.72. The van der Waals surface area contributed by atoms with Gasteiger partial charge in [-0.25, -0.2) is 9.67 Å². The summed E-state index contributed by atoms with van der Waals surface area (Å²) in [7, 11) is 1.59. The number of halogens is 2. The fourth-order valence-electron chi connectivity index (χ4n) is 2.98. The highest BCUT2D eigenvalue weighted by molar-refractivity contribution is 6.42. The van der Waals surface area contributed by atoms with E-state index in [0.717, 1.165) is 11.3 Å². The molecule has 0 saturated carbocycles.